The molecule has 0 aliphatic carbocycles. The van der Waals surface area contributed by atoms with E-state index in [9.17, 15) is 9.59 Å². The summed E-state index contributed by atoms with van der Waals surface area (Å²) in [4.78, 5) is 23.7. The van der Waals surface area contributed by atoms with Gasteiger partial charge in [0.2, 0.25) is 0 Å². The molecule has 0 unspecified atom stereocenters. The molecule has 0 saturated heterocycles. The predicted octanol–water partition coefficient (Wildman–Crippen LogP) is 3.33. The molecule has 0 saturated carbocycles. The van der Waals surface area contributed by atoms with Crippen LogP contribution in [0.2, 0.25) is 5.02 Å². The van der Waals surface area contributed by atoms with Gasteiger partial charge in [-0.25, -0.2) is 0 Å². The molecule has 1 N–H and O–H groups in total. The number of carbonyl (C=O) groups excluding carboxylic acids is 2. The first-order valence-electron chi connectivity index (χ1n) is 8.59. The van der Waals surface area contributed by atoms with E-state index in [-0.39, 0.29) is 23.8 Å². The highest BCUT2D eigenvalue weighted by Crippen LogP contribution is 2.25. The molecular weight excluding hydrogens is 400 g/mol. The van der Waals surface area contributed by atoms with E-state index in [4.69, 9.17) is 16.3 Å². The second-order valence-corrected chi connectivity index (χ2v) is 8.34. The number of ether oxygens (including phenoxy) is 1. The van der Waals surface area contributed by atoms with Crippen molar-refractivity contribution in [1.29, 1.82) is 0 Å². The summed E-state index contributed by atoms with van der Waals surface area (Å²) in [6, 6.07) is 7.25. The van der Waals surface area contributed by atoms with Crippen LogP contribution in [0.1, 0.15) is 20.8 Å². The molecule has 1 aromatic carbocycles. The molecule has 0 aliphatic rings. The van der Waals surface area contributed by atoms with Crippen LogP contribution in [-0.4, -0.2) is 44.5 Å². The van der Waals surface area contributed by atoms with Crippen molar-refractivity contribution in [2.45, 2.75) is 38.0 Å². The highest BCUT2D eigenvalue weighted by Gasteiger charge is 2.17. The van der Waals surface area contributed by atoms with Gasteiger partial charge in [0, 0.05) is 22.7 Å². The minimum absolute atomic E-state index is 0.0126. The number of nitrogens with one attached hydrogen (secondary N) is 1. The van der Waals surface area contributed by atoms with Crippen LogP contribution in [0.15, 0.2) is 42.1 Å². The quantitative estimate of drug-likeness (QED) is 0.399. The maximum atomic E-state index is 12.0. The lowest BCUT2D eigenvalue weighted by Gasteiger charge is -2.20. The number of allylic oxidation sites excluding steroid dienone is 1. The molecule has 0 bridgehead atoms. The largest absolute Gasteiger partial charge is 0.455 e. The van der Waals surface area contributed by atoms with Crippen molar-refractivity contribution in [3.8, 4) is 11.4 Å². The van der Waals surface area contributed by atoms with Gasteiger partial charge in [0.15, 0.2) is 17.6 Å². The van der Waals surface area contributed by atoms with Gasteiger partial charge in [0.05, 0.1) is 5.75 Å². The molecule has 1 heterocycles. The van der Waals surface area contributed by atoms with E-state index in [1.807, 2.05) is 37.5 Å². The number of hydrogen-bond acceptors (Lipinski definition) is 6. The van der Waals surface area contributed by atoms with Crippen molar-refractivity contribution in [2.75, 3.05) is 12.4 Å². The van der Waals surface area contributed by atoms with Gasteiger partial charge < -0.3 is 10.1 Å². The molecule has 7 nitrogen and oxygen atoms in total. The first-order valence-corrected chi connectivity index (χ1v) is 9.95. The topological polar surface area (TPSA) is 86.1 Å². The number of rotatable bonds is 8. The molecule has 9 heteroatoms. The molecule has 1 amide bonds. The molecular formula is C19H23ClN4O3S. The first-order chi connectivity index (χ1) is 13.2. The number of esters is 1. The summed E-state index contributed by atoms with van der Waals surface area (Å²) in [5.41, 5.74) is 0.476. The number of amides is 1. The van der Waals surface area contributed by atoms with E-state index >= 15 is 0 Å². The average Bonchev–Trinajstić information content (AvgIpc) is 3.00. The first kappa shape index (κ1) is 22.0. The zero-order valence-corrected chi connectivity index (χ0v) is 17.6. The molecule has 0 aliphatic heterocycles. The van der Waals surface area contributed by atoms with Crippen LogP contribution in [0.25, 0.3) is 11.4 Å². The molecule has 2 rings (SSSR count). The Balaban J connectivity index is 1.98. The number of nitrogens with zero attached hydrogens (tertiary/aromatic N) is 3. The second kappa shape index (κ2) is 9.75. The predicted molar refractivity (Wildman–Crippen MR) is 110 cm³/mol. The van der Waals surface area contributed by atoms with Gasteiger partial charge in [-0.2, -0.15) is 0 Å². The Morgan fingerprint density at radius 3 is 2.57 bits per heavy atom. The van der Waals surface area contributed by atoms with Crippen molar-refractivity contribution in [3.05, 3.63) is 41.9 Å². The zero-order valence-electron chi connectivity index (χ0n) is 16.1. The molecule has 0 atom stereocenters. The SMILES string of the molecule is C=CCn1c(SCC(=O)OCC(=O)NC(C)(C)C)nnc1-c1ccc(Cl)cc1. The number of halogens is 1. The molecule has 0 spiro atoms. The van der Waals surface area contributed by atoms with E-state index in [1.54, 1.807) is 18.2 Å². The maximum absolute atomic E-state index is 12.0. The van der Waals surface area contributed by atoms with Crippen molar-refractivity contribution >= 4 is 35.2 Å². The van der Waals surface area contributed by atoms with Crippen molar-refractivity contribution in [3.63, 3.8) is 0 Å². The highest BCUT2D eigenvalue weighted by atomic mass is 35.5. The summed E-state index contributed by atoms with van der Waals surface area (Å²) < 4.78 is 6.86. The van der Waals surface area contributed by atoms with Crippen LogP contribution in [-0.2, 0) is 20.9 Å². The van der Waals surface area contributed by atoms with Crippen LogP contribution in [0, 0.1) is 0 Å². The van der Waals surface area contributed by atoms with Gasteiger partial charge in [-0.1, -0.05) is 29.4 Å². The van der Waals surface area contributed by atoms with E-state index < -0.39 is 5.97 Å². The van der Waals surface area contributed by atoms with Gasteiger partial charge in [0.25, 0.3) is 5.91 Å². The Bertz CT molecular complexity index is 844. The number of hydrogen-bond donors (Lipinski definition) is 1. The Morgan fingerprint density at radius 1 is 1.29 bits per heavy atom. The van der Waals surface area contributed by atoms with Crippen molar-refractivity contribution in [1.82, 2.24) is 20.1 Å². The Kier molecular flexibility index (Phi) is 7.65. The number of thioether (sulfide) groups is 1. The fourth-order valence-electron chi connectivity index (χ4n) is 2.27. The zero-order chi connectivity index (χ0) is 20.7. The molecule has 0 fully saturated rings. The van der Waals surface area contributed by atoms with E-state index in [1.165, 1.54) is 11.8 Å². The Morgan fingerprint density at radius 2 is 1.96 bits per heavy atom. The fraction of sp³-hybridized carbons (Fsp3) is 0.368. The van der Waals surface area contributed by atoms with E-state index in [2.05, 4.69) is 22.1 Å². The van der Waals surface area contributed by atoms with Crippen molar-refractivity contribution in [2.24, 2.45) is 0 Å². The van der Waals surface area contributed by atoms with E-state index in [0.717, 1.165) is 5.56 Å². The van der Waals surface area contributed by atoms with Crippen molar-refractivity contribution < 1.29 is 14.3 Å². The van der Waals surface area contributed by atoms with Gasteiger partial charge in [-0.3, -0.25) is 14.2 Å². The molecule has 0 radical (unpaired) electrons. The normalized spacial score (nSPS) is 11.1. The summed E-state index contributed by atoms with van der Waals surface area (Å²) >= 11 is 7.12. The molecule has 28 heavy (non-hydrogen) atoms. The summed E-state index contributed by atoms with van der Waals surface area (Å²) in [7, 11) is 0. The highest BCUT2D eigenvalue weighted by molar-refractivity contribution is 7.99. The Labute approximate surface area is 173 Å². The van der Waals surface area contributed by atoms with Crippen LogP contribution in [0.4, 0.5) is 0 Å². The third-order valence-electron chi connectivity index (χ3n) is 3.33. The van der Waals surface area contributed by atoms with Crippen LogP contribution < -0.4 is 5.32 Å². The third-order valence-corrected chi connectivity index (χ3v) is 4.52. The fourth-order valence-corrected chi connectivity index (χ4v) is 3.14. The number of aromatic nitrogens is 3. The van der Waals surface area contributed by atoms with Gasteiger partial charge in [0.1, 0.15) is 0 Å². The van der Waals surface area contributed by atoms with Crippen LogP contribution in [0.5, 0.6) is 0 Å². The summed E-state index contributed by atoms with van der Waals surface area (Å²) in [5.74, 6) is -0.184. The third kappa shape index (κ3) is 6.69. The summed E-state index contributed by atoms with van der Waals surface area (Å²) in [5, 5.41) is 12.3. The lowest BCUT2D eigenvalue weighted by atomic mass is 10.1. The van der Waals surface area contributed by atoms with Gasteiger partial charge in [-0.05, 0) is 45.0 Å². The minimum atomic E-state index is -0.504. The molecule has 150 valence electrons. The smallest absolute Gasteiger partial charge is 0.316 e. The standard InChI is InChI=1S/C19H23ClN4O3S/c1-5-10-24-17(13-6-8-14(20)9-7-13)22-23-18(24)28-12-16(26)27-11-15(25)21-19(2,3)4/h5-9H,1,10-12H2,2-4H3,(H,21,25). The van der Waals surface area contributed by atoms with E-state index in [0.29, 0.717) is 22.5 Å². The molecule has 2 aromatic rings. The summed E-state index contributed by atoms with van der Waals surface area (Å²) in [6.45, 7) is 9.49. The Hall–Kier alpha value is -2.32. The summed E-state index contributed by atoms with van der Waals surface area (Å²) in [6.07, 6.45) is 1.72. The lowest BCUT2D eigenvalue weighted by molar-refractivity contribution is -0.146. The second-order valence-electron chi connectivity index (χ2n) is 6.96. The monoisotopic (exact) mass is 422 g/mol. The number of benzene rings is 1. The average molecular weight is 423 g/mol. The van der Waals surface area contributed by atoms with Gasteiger partial charge in [-0.15, -0.1) is 16.8 Å². The van der Waals surface area contributed by atoms with Crippen LogP contribution in [0.3, 0.4) is 0 Å². The maximum Gasteiger partial charge on any atom is 0.316 e. The minimum Gasteiger partial charge on any atom is -0.455 e. The number of carbonyl (C=O) groups is 2. The molecule has 1 aromatic heterocycles. The van der Waals surface area contributed by atoms with Gasteiger partial charge >= 0.3 is 5.97 Å². The lowest BCUT2D eigenvalue weighted by Crippen LogP contribution is -2.42. The van der Waals surface area contributed by atoms with Crippen LogP contribution >= 0.6 is 23.4 Å².